The number of ketones is 1. The molecule has 1 rings (SSSR count). The Morgan fingerprint density at radius 1 is 0.955 bits per heavy atom. The zero-order valence-electron chi connectivity index (χ0n) is 13.9. The highest BCUT2D eigenvalue weighted by atomic mass is 16.6. The van der Waals surface area contributed by atoms with Gasteiger partial charge in [0.05, 0.1) is 20.6 Å². The van der Waals surface area contributed by atoms with Crippen LogP contribution in [0.2, 0.25) is 0 Å². The van der Waals surface area contributed by atoms with Gasteiger partial charge in [0.2, 0.25) is 0 Å². The fraction of sp³-hybridized carbons (Fsp3) is 0.529. The van der Waals surface area contributed by atoms with Gasteiger partial charge in [-0.05, 0) is 38.5 Å². The van der Waals surface area contributed by atoms with Crippen LogP contribution in [0.25, 0.3) is 0 Å². The van der Waals surface area contributed by atoms with Crippen LogP contribution in [0.3, 0.4) is 0 Å². The Hall–Kier alpha value is -2.04. The van der Waals surface area contributed by atoms with Crippen LogP contribution in [-0.2, 0) is 20.7 Å². The topological polar surface area (TPSA) is 61.8 Å². The van der Waals surface area contributed by atoms with Crippen LogP contribution in [0.1, 0.15) is 39.2 Å². The quantitative estimate of drug-likeness (QED) is 0.725. The summed E-state index contributed by atoms with van der Waals surface area (Å²) in [7, 11) is 3.12. The number of rotatable bonds is 7. The van der Waals surface area contributed by atoms with Gasteiger partial charge in [-0.2, -0.15) is 0 Å². The van der Waals surface area contributed by atoms with Crippen molar-refractivity contribution in [1.29, 1.82) is 0 Å². The second kappa shape index (κ2) is 7.82. The molecule has 1 aromatic rings. The Bertz CT molecular complexity index is 506. The largest absolute Gasteiger partial charge is 0.497 e. The molecular weight excluding hydrogens is 284 g/mol. The molecule has 0 saturated carbocycles. The second-order valence-corrected chi connectivity index (χ2v) is 6.02. The van der Waals surface area contributed by atoms with Crippen molar-refractivity contribution in [1.82, 2.24) is 0 Å². The molecule has 0 aromatic heterocycles. The summed E-state index contributed by atoms with van der Waals surface area (Å²) in [5, 5.41) is 0. The number of carbonyl (C=O) groups is 2. The van der Waals surface area contributed by atoms with Gasteiger partial charge in [-0.3, -0.25) is 9.59 Å². The van der Waals surface area contributed by atoms with Crippen LogP contribution in [0, 0.1) is 0 Å². The molecule has 0 unspecified atom stereocenters. The predicted molar refractivity (Wildman–Crippen MR) is 83.3 cm³/mol. The SMILES string of the molecule is COc1cc(CC(=O)CCC(=O)OC(C)(C)C)cc(OC)c1. The van der Waals surface area contributed by atoms with Gasteiger partial charge in [0.15, 0.2) is 0 Å². The summed E-state index contributed by atoms with van der Waals surface area (Å²) in [5.41, 5.74) is 0.269. The zero-order chi connectivity index (χ0) is 16.8. The highest BCUT2D eigenvalue weighted by Crippen LogP contribution is 2.23. The first kappa shape index (κ1) is 18.0. The molecule has 1 aromatic carbocycles. The molecule has 0 aliphatic rings. The summed E-state index contributed by atoms with van der Waals surface area (Å²) in [6, 6.07) is 5.32. The van der Waals surface area contributed by atoms with E-state index in [1.54, 1.807) is 53.2 Å². The highest BCUT2D eigenvalue weighted by molar-refractivity contribution is 5.84. The minimum atomic E-state index is -0.527. The van der Waals surface area contributed by atoms with Crippen LogP contribution in [0.15, 0.2) is 18.2 Å². The number of hydrogen-bond acceptors (Lipinski definition) is 5. The van der Waals surface area contributed by atoms with E-state index in [-0.39, 0.29) is 31.0 Å². The Morgan fingerprint density at radius 2 is 1.50 bits per heavy atom. The zero-order valence-corrected chi connectivity index (χ0v) is 13.9. The van der Waals surface area contributed by atoms with Crippen molar-refractivity contribution in [2.24, 2.45) is 0 Å². The van der Waals surface area contributed by atoms with E-state index in [0.717, 1.165) is 5.56 Å². The lowest BCUT2D eigenvalue weighted by atomic mass is 10.0. The van der Waals surface area contributed by atoms with E-state index in [0.29, 0.717) is 11.5 Å². The summed E-state index contributed by atoms with van der Waals surface area (Å²) in [5.74, 6) is 0.883. The van der Waals surface area contributed by atoms with Crippen LogP contribution in [0.5, 0.6) is 11.5 Å². The number of Topliss-reactive ketones (excluding diaryl/α,β-unsaturated/α-hetero) is 1. The molecule has 0 heterocycles. The standard InChI is InChI=1S/C17H24O5/c1-17(2,3)22-16(19)7-6-13(18)8-12-9-14(20-4)11-15(10-12)21-5/h9-11H,6-8H2,1-5H3. The maximum Gasteiger partial charge on any atom is 0.306 e. The summed E-state index contributed by atoms with van der Waals surface area (Å²) >= 11 is 0. The summed E-state index contributed by atoms with van der Waals surface area (Å²) < 4.78 is 15.5. The minimum absolute atomic E-state index is 0.0267. The van der Waals surface area contributed by atoms with Gasteiger partial charge in [0, 0.05) is 18.9 Å². The number of benzene rings is 1. The molecule has 22 heavy (non-hydrogen) atoms. The molecule has 0 aliphatic heterocycles. The molecule has 0 saturated heterocycles. The van der Waals surface area contributed by atoms with Crippen molar-refractivity contribution in [2.75, 3.05) is 14.2 Å². The van der Waals surface area contributed by atoms with Gasteiger partial charge in [-0.25, -0.2) is 0 Å². The first-order valence-electron chi connectivity index (χ1n) is 7.19. The maximum absolute atomic E-state index is 12.0. The number of hydrogen-bond donors (Lipinski definition) is 0. The molecule has 0 atom stereocenters. The third kappa shape index (κ3) is 6.61. The molecule has 0 spiro atoms. The van der Waals surface area contributed by atoms with Crippen molar-refractivity contribution < 1.29 is 23.8 Å². The molecular formula is C17H24O5. The van der Waals surface area contributed by atoms with Crippen LogP contribution < -0.4 is 9.47 Å². The summed E-state index contributed by atoms with van der Waals surface area (Å²) in [4.78, 5) is 23.6. The Balaban J connectivity index is 2.56. The number of methoxy groups -OCH3 is 2. The molecule has 122 valence electrons. The highest BCUT2D eigenvalue weighted by Gasteiger charge is 2.17. The van der Waals surface area contributed by atoms with Crippen LogP contribution >= 0.6 is 0 Å². The molecule has 0 bridgehead atoms. The normalized spacial score (nSPS) is 11.0. The first-order valence-corrected chi connectivity index (χ1v) is 7.19. The van der Waals surface area contributed by atoms with E-state index in [1.165, 1.54) is 0 Å². The Kier molecular flexibility index (Phi) is 6.40. The second-order valence-electron chi connectivity index (χ2n) is 6.02. The van der Waals surface area contributed by atoms with Crippen molar-refractivity contribution in [3.63, 3.8) is 0 Å². The Labute approximate surface area is 131 Å². The lowest BCUT2D eigenvalue weighted by molar-refractivity contribution is -0.155. The van der Waals surface area contributed by atoms with E-state index in [1.807, 2.05) is 0 Å². The molecule has 5 nitrogen and oxygen atoms in total. The maximum atomic E-state index is 12.0. The smallest absolute Gasteiger partial charge is 0.306 e. The third-order valence-electron chi connectivity index (χ3n) is 2.84. The fourth-order valence-corrected chi connectivity index (χ4v) is 1.92. The van der Waals surface area contributed by atoms with E-state index in [2.05, 4.69) is 0 Å². The van der Waals surface area contributed by atoms with E-state index in [4.69, 9.17) is 14.2 Å². The number of carbonyl (C=O) groups excluding carboxylic acids is 2. The minimum Gasteiger partial charge on any atom is -0.497 e. The van der Waals surface area contributed by atoms with Crippen LogP contribution in [0.4, 0.5) is 0 Å². The van der Waals surface area contributed by atoms with Crippen molar-refractivity contribution >= 4 is 11.8 Å². The van der Waals surface area contributed by atoms with Gasteiger partial charge in [-0.1, -0.05) is 0 Å². The van der Waals surface area contributed by atoms with Gasteiger partial charge in [0.1, 0.15) is 22.9 Å². The molecule has 0 aliphatic carbocycles. The Morgan fingerprint density at radius 3 is 1.95 bits per heavy atom. The molecule has 0 radical (unpaired) electrons. The van der Waals surface area contributed by atoms with Gasteiger partial charge < -0.3 is 14.2 Å². The average molecular weight is 308 g/mol. The van der Waals surface area contributed by atoms with E-state index < -0.39 is 5.60 Å². The van der Waals surface area contributed by atoms with Crippen molar-refractivity contribution in [2.45, 2.75) is 45.6 Å². The molecule has 0 amide bonds. The van der Waals surface area contributed by atoms with E-state index in [9.17, 15) is 9.59 Å². The monoisotopic (exact) mass is 308 g/mol. The van der Waals surface area contributed by atoms with Crippen molar-refractivity contribution in [3.8, 4) is 11.5 Å². The number of ether oxygens (including phenoxy) is 3. The molecule has 0 N–H and O–H groups in total. The van der Waals surface area contributed by atoms with Crippen molar-refractivity contribution in [3.05, 3.63) is 23.8 Å². The first-order chi connectivity index (χ1) is 10.2. The third-order valence-corrected chi connectivity index (χ3v) is 2.84. The number of esters is 1. The predicted octanol–water partition coefficient (Wildman–Crippen LogP) is 2.94. The molecule has 5 heteroatoms. The van der Waals surface area contributed by atoms with Crippen LogP contribution in [-0.4, -0.2) is 31.6 Å². The molecule has 0 fully saturated rings. The lowest BCUT2D eigenvalue weighted by Gasteiger charge is -2.19. The van der Waals surface area contributed by atoms with Gasteiger partial charge in [0.25, 0.3) is 0 Å². The lowest BCUT2D eigenvalue weighted by Crippen LogP contribution is -2.24. The van der Waals surface area contributed by atoms with Gasteiger partial charge >= 0.3 is 5.97 Å². The fourth-order valence-electron chi connectivity index (χ4n) is 1.92. The summed E-state index contributed by atoms with van der Waals surface area (Å²) in [6.45, 7) is 5.40. The summed E-state index contributed by atoms with van der Waals surface area (Å²) in [6.07, 6.45) is 0.488. The average Bonchev–Trinajstić information content (AvgIpc) is 2.42. The van der Waals surface area contributed by atoms with E-state index >= 15 is 0 Å². The van der Waals surface area contributed by atoms with Gasteiger partial charge in [-0.15, -0.1) is 0 Å².